The van der Waals surface area contributed by atoms with Crippen LogP contribution in [0.2, 0.25) is 0 Å². The van der Waals surface area contributed by atoms with Crippen LogP contribution in [0.5, 0.6) is 5.75 Å². The van der Waals surface area contributed by atoms with Gasteiger partial charge in [-0.15, -0.1) is 0 Å². The van der Waals surface area contributed by atoms with E-state index in [1.54, 1.807) is 18.2 Å². The van der Waals surface area contributed by atoms with Crippen molar-refractivity contribution in [1.29, 1.82) is 0 Å². The minimum atomic E-state index is -3.90. The predicted octanol–water partition coefficient (Wildman–Crippen LogP) is 2.99. The number of aromatic nitrogens is 1. The third kappa shape index (κ3) is 8.48. The first-order valence-electron chi connectivity index (χ1n) is 19.2. The molecule has 2 saturated carbocycles. The Morgan fingerprint density at radius 1 is 0.907 bits per heavy atom. The summed E-state index contributed by atoms with van der Waals surface area (Å²) in [5.74, 6) is -2.46. The standard InChI is InChI=1S/C38H48N6O9S/c45-33-28-18-15-24-11-10-14-31(32(24)40-28)52-19-8-4-5-9-20-53-37(49)39-26-21-30-34(46)42-38(36(48)43-54(50,51)27-16-17-27)22-25(38)12-6-2-1-3-7-13-29(41-33)35(47)44(30)23-26/h6,10-12,14-15,18,25-27,29-30H,1-5,7-9,13,16-17,19-23H2,(H,39,49)(H,41,45)(H,42,46)(H,43,48)/b12-6-/t25-,26-,29+,30+,38?/m1/s1. The second kappa shape index (κ2) is 15.9. The molecule has 54 heavy (non-hydrogen) atoms. The highest BCUT2D eigenvalue weighted by atomic mass is 32.2. The van der Waals surface area contributed by atoms with Crippen LogP contribution in [-0.4, -0.2) is 96.7 Å². The Bertz CT molecular complexity index is 1930. The van der Waals surface area contributed by atoms with Gasteiger partial charge in [-0.2, -0.15) is 0 Å². The molecule has 5 aliphatic rings. The van der Waals surface area contributed by atoms with Gasteiger partial charge in [0, 0.05) is 17.8 Å². The van der Waals surface area contributed by atoms with E-state index in [1.165, 1.54) is 4.90 Å². The van der Waals surface area contributed by atoms with E-state index in [-0.39, 0.29) is 38.1 Å². The largest absolute Gasteiger partial charge is 0.491 e. The Kier molecular flexibility index (Phi) is 11.1. The highest BCUT2D eigenvalue weighted by Gasteiger charge is 2.62. The second-order valence-electron chi connectivity index (χ2n) is 15.0. The number of benzene rings is 1. The number of carbonyl (C=O) groups excluding carboxylic acids is 5. The number of cyclic esters (lactones) is 1. The number of sulfonamides is 1. The van der Waals surface area contributed by atoms with Crippen molar-refractivity contribution in [3.63, 3.8) is 0 Å². The average Bonchev–Trinajstić information content (AvgIpc) is 4.07. The molecule has 290 valence electrons. The molecule has 4 N–H and O–H groups in total. The molecule has 1 aromatic carbocycles. The fraction of sp³-hybridized carbons (Fsp3) is 0.579. The molecular weight excluding hydrogens is 717 g/mol. The Balaban J connectivity index is 1.19. The van der Waals surface area contributed by atoms with E-state index >= 15 is 0 Å². The summed E-state index contributed by atoms with van der Waals surface area (Å²) in [4.78, 5) is 75.1. The maximum atomic E-state index is 14.5. The molecule has 16 heteroatoms. The number of fused-ring (bicyclic) bond motifs is 4. The van der Waals surface area contributed by atoms with Crippen LogP contribution in [-0.2, 0) is 29.1 Å². The molecule has 0 spiro atoms. The van der Waals surface area contributed by atoms with Crippen molar-refractivity contribution in [2.24, 2.45) is 5.92 Å². The summed E-state index contributed by atoms with van der Waals surface area (Å²) in [6.45, 7) is 0.585. The Labute approximate surface area is 314 Å². The lowest BCUT2D eigenvalue weighted by Gasteiger charge is -2.30. The maximum Gasteiger partial charge on any atom is 0.407 e. The zero-order valence-corrected chi connectivity index (χ0v) is 31.0. The molecule has 1 saturated heterocycles. The maximum absolute atomic E-state index is 14.5. The molecule has 1 aromatic heterocycles. The lowest BCUT2D eigenvalue weighted by Crippen LogP contribution is -2.58. The first kappa shape index (κ1) is 37.6. The number of ether oxygens (including phenoxy) is 2. The predicted molar refractivity (Wildman–Crippen MR) is 197 cm³/mol. The molecule has 0 radical (unpaired) electrons. The summed E-state index contributed by atoms with van der Waals surface area (Å²) in [7, 11) is -3.90. The fourth-order valence-corrected chi connectivity index (χ4v) is 8.98. The highest BCUT2D eigenvalue weighted by molar-refractivity contribution is 7.91. The van der Waals surface area contributed by atoms with Crippen LogP contribution < -0.4 is 25.4 Å². The van der Waals surface area contributed by atoms with Crippen LogP contribution in [0.3, 0.4) is 0 Å². The van der Waals surface area contributed by atoms with Gasteiger partial charge in [0.1, 0.15) is 34.6 Å². The molecule has 7 rings (SSSR count). The number of para-hydroxylation sites is 1. The van der Waals surface area contributed by atoms with Crippen molar-refractivity contribution in [2.75, 3.05) is 19.8 Å². The Hall–Kier alpha value is -4.73. The quantitative estimate of drug-likeness (QED) is 0.337. The molecule has 15 nitrogen and oxygen atoms in total. The van der Waals surface area contributed by atoms with Gasteiger partial charge in [-0.05, 0) is 82.8 Å². The zero-order valence-electron chi connectivity index (χ0n) is 30.2. The number of amides is 5. The van der Waals surface area contributed by atoms with Gasteiger partial charge in [0.2, 0.25) is 21.8 Å². The minimum Gasteiger partial charge on any atom is -0.491 e. The van der Waals surface area contributed by atoms with Crippen LogP contribution in [0, 0.1) is 5.92 Å². The van der Waals surface area contributed by atoms with Gasteiger partial charge in [-0.1, -0.05) is 43.2 Å². The van der Waals surface area contributed by atoms with Gasteiger partial charge in [0.25, 0.3) is 11.8 Å². The topological polar surface area (TPSA) is 202 Å². The van der Waals surface area contributed by atoms with Crippen LogP contribution in [0.15, 0.2) is 42.5 Å². The van der Waals surface area contributed by atoms with Crippen molar-refractivity contribution in [1.82, 2.24) is 30.6 Å². The third-order valence-electron chi connectivity index (χ3n) is 11.0. The number of allylic oxidation sites excluding steroid dienone is 1. The fourth-order valence-electron chi connectivity index (χ4n) is 7.61. The third-order valence-corrected chi connectivity index (χ3v) is 12.8. The molecule has 1 unspecified atom stereocenters. The van der Waals surface area contributed by atoms with Crippen LogP contribution in [0.4, 0.5) is 4.79 Å². The summed E-state index contributed by atoms with van der Waals surface area (Å²) < 4.78 is 39.3. The number of rotatable bonds is 3. The minimum absolute atomic E-state index is 0.0148. The molecular formula is C38H48N6O9S. The number of hydrogen-bond acceptors (Lipinski definition) is 10. The van der Waals surface area contributed by atoms with E-state index in [2.05, 4.69) is 25.7 Å². The van der Waals surface area contributed by atoms with Gasteiger partial charge in [-0.25, -0.2) is 18.2 Å². The van der Waals surface area contributed by atoms with Crippen molar-refractivity contribution in [2.45, 2.75) is 112 Å². The van der Waals surface area contributed by atoms with Crippen LogP contribution in [0.1, 0.15) is 94.0 Å². The van der Waals surface area contributed by atoms with E-state index < -0.39 is 74.6 Å². The second-order valence-corrected chi connectivity index (χ2v) is 17.0. The molecule has 4 heterocycles. The summed E-state index contributed by atoms with van der Waals surface area (Å²) in [5.41, 5.74) is -0.892. The Morgan fingerprint density at radius 2 is 1.69 bits per heavy atom. The van der Waals surface area contributed by atoms with Gasteiger partial charge < -0.3 is 30.3 Å². The highest BCUT2D eigenvalue weighted by Crippen LogP contribution is 2.46. The molecule has 2 aromatic rings. The summed E-state index contributed by atoms with van der Waals surface area (Å²) in [6, 6.07) is 6.07. The summed E-state index contributed by atoms with van der Waals surface area (Å²) >= 11 is 0. The van der Waals surface area contributed by atoms with Gasteiger partial charge in [0.15, 0.2) is 0 Å². The van der Waals surface area contributed by atoms with E-state index in [4.69, 9.17) is 9.47 Å². The Morgan fingerprint density at radius 3 is 2.48 bits per heavy atom. The van der Waals surface area contributed by atoms with Gasteiger partial charge >= 0.3 is 6.09 Å². The smallest absolute Gasteiger partial charge is 0.407 e. The lowest BCUT2D eigenvalue weighted by molar-refractivity contribution is -0.141. The molecule has 2 aliphatic carbocycles. The number of alkyl carbamates (subject to hydrolysis) is 1. The van der Waals surface area contributed by atoms with Crippen molar-refractivity contribution >= 4 is 50.6 Å². The monoisotopic (exact) mass is 764 g/mol. The molecule has 3 fully saturated rings. The first-order chi connectivity index (χ1) is 26.0. The SMILES string of the molecule is O=C1N[C@@H]2C[C@H]3C(=O)NC4(C(=O)NS(=O)(=O)C5CC5)C[C@H]4/C=C\CCCCC[C@H](NC(=O)c4ccc5cccc(c5n4)OCCCCCCO1)C(=O)N3C2. The van der Waals surface area contributed by atoms with Crippen molar-refractivity contribution in [3.05, 3.63) is 48.2 Å². The van der Waals surface area contributed by atoms with Crippen molar-refractivity contribution in [3.8, 4) is 5.75 Å². The number of nitrogens with one attached hydrogen (secondary N) is 4. The first-order valence-corrected chi connectivity index (χ1v) is 20.7. The molecule has 5 bridgehead atoms. The van der Waals surface area contributed by atoms with E-state index in [0.717, 1.165) is 37.5 Å². The molecule has 3 aliphatic heterocycles. The summed E-state index contributed by atoms with van der Waals surface area (Å²) in [5, 5.41) is 8.67. The zero-order chi connectivity index (χ0) is 37.9. The number of hydrogen-bond donors (Lipinski definition) is 4. The number of nitrogens with zero attached hydrogens (tertiary/aromatic N) is 2. The lowest BCUT2D eigenvalue weighted by atomic mass is 10.0. The van der Waals surface area contributed by atoms with Crippen LogP contribution in [0.25, 0.3) is 10.9 Å². The van der Waals surface area contributed by atoms with Gasteiger partial charge in [0.05, 0.1) is 24.5 Å². The van der Waals surface area contributed by atoms with E-state index in [1.807, 2.05) is 24.3 Å². The van der Waals surface area contributed by atoms with E-state index in [0.29, 0.717) is 50.0 Å². The average molecular weight is 765 g/mol. The normalized spacial score (nSPS) is 29.5. The van der Waals surface area contributed by atoms with Gasteiger partial charge in [-0.3, -0.25) is 23.9 Å². The number of pyridine rings is 1. The van der Waals surface area contributed by atoms with Crippen molar-refractivity contribution < 1.29 is 41.9 Å². The van der Waals surface area contributed by atoms with E-state index in [9.17, 15) is 32.4 Å². The molecule has 5 amide bonds. The van der Waals surface area contributed by atoms with Crippen LogP contribution >= 0.6 is 0 Å². The molecule has 5 atom stereocenters. The number of carbonyl (C=O) groups is 5. The summed E-state index contributed by atoms with van der Waals surface area (Å²) in [6.07, 6.45) is 10.4.